The minimum absolute atomic E-state index is 0.0462. The largest absolute Gasteiger partial charge is 0.382 e. The molecule has 0 fully saturated rings. The van der Waals surface area contributed by atoms with E-state index in [-0.39, 0.29) is 5.78 Å². The number of ketones is 1. The second kappa shape index (κ2) is 3.57. The Morgan fingerprint density at radius 1 is 1.47 bits per heavy atom. The summed E-state index contributed by atoms with van der Waals surface area (Å²) < 4.78 is 1.78. The summed E-state index contributed by atoms with van der Waals surface area (Å²) in [7, 11) is 0. The number of hydrogen-bond acceptors (Lipinski definition) is 3. The van der Waals surface area contributed by atoms with Crippen LogP contribution in [0.5, 0.6) is 0 Å². The smallest absolute Gasteiger partial charge is 0.159 e. The highest BCUT2D eigenvalue weighted by Crippen LogP contribution is 2.12. The average molecular weight is 201 g/mol. The zero-order valence-corrected chi connectivity index (χ0v) is 8.34. The van der Waals surface area contributed by atoms with Gasteiger partial charge < -0.3 is 10.3 Å². The highest BCUT2D eigenvalue weighted by molar-refractivity contribution is 5.94. The number of hydrogen-bond donors (Lipinski definition) is 1. The number of nitrogens with two attached hydrogens (primary N) is 1. The number of anilines is 1. The van der Waals surface area contributed by atoms with E-state index in [2.05, 4.69) is 4.98 Å². The van der Waals surface area contributed by atoms with Gasteiger partial charge in [0, 0.05) is 11.3 Å². The molecule has 1 aromatic heterocycles. The Bertz CT molecular complexity index is 502. The molecular weight excluding hydrogens is 190 g/mol. The normalized spacial score (nSPS) is 10.2. The molecular formula is C11H11N3O. The fourth-order valence-electron chi connectivity index (χ4n) is 1.36. The zero-order valence-electron chi connectivity index (χ0n) is 8.34. The Kier molecular flexibility index (Phi) is 2.25. The van der Waals surface area contributed by atoms with E-state index >= 15 is 0 Å². The molecule has 0 aliphatic heterocycles. The molecule has 0 atom stereocenters. The van der Waals surface area contributed by atoms with Gasteiger partial charge in [0.15, 0.2) is 5.78 Å². The number of nitrogen functional groups attached to an aromatic ring is 1. The molecule has 76 valence electrons. The van der Waals surface area contributed by atoms with Gasteiger partial charge in [0.25, 0.3) is 0 Å². The highest BCUT2D eigenvalue weighted by Gasteiger charge is 2.02. The molecule has 0 radical (unpaired) electrons. The van der Waals surface area contributed by atoms with Crippen LogP contribution in [0.2, 0.25) is 0 Å². The Labute approximate surface area is 87.4 Å². The molecule has 2 N–H and O–H groups in total. The lowest BCUT2D eigenvalue weighted by Gasteiger charge is -2.02. The number of benzene rings is 1. The SMILES string of the molecule is CC(=O)c1cccc(-n2cnc(N)c2)c1. The Balaban J connectivity index is 2.45. The van der Waals surface area contributed by atoms with Crippen LogP contribution in [-0.2, 0) is 0 Å². The molecule has 0 bridgehead atoms. The maximum Gasteiger partial charge on any atom is 0.159 e. The van der Waals surface area contributed by atoms with E-state index in [0.717, 1.165) is 5.69 Å². The van der Waals surface area contributed by atoms with E-state index in [4.69, 9.17) is 5.73 Å². The Morgan fingerprint density at radius 2 is 2.27 bits per heavy atom. The molecule has 0 amide bonds. The molecule has 0 saturated carbocycles. The molecule has 4 nitrogen and oxygen atoms in total. The first-order valence-electron chi connectivity index (χ1n) is 4.57. The van der Waals surface area contributed by atoms with Gasteiger partial charge in [-0.15, -0.1) is 0 Å². The van der Waals surface area contributed by atoms with Gasteiger partial charge in [-0.2, -0.15) is 0 Å². The van der Waals surface area contributed by atoms with E-state index in [1.54, 1.807) is 30.1 Å². The van der Waals surface area contributed by atoms with Gasteiger partial charge in [-0.25, -0.2) is 4.98 Å². The summed E-state index contributed by atoms with van der Waals surface area (Å²) in [5.41, 5.74) is 7.08. The van der Waals surface area contributed by atoms with Crippen molar-refractivity contribution in [3.05, 3.63) is 42.4 Å². The lowest BCUT2D eigenvalue weighted by molar-refractivity contribution is 0.101. The molecule has 2 rings (SSSR count). The topological polar surface area (TPSA) is 60.9 Å². The van der Waals surface area contributed by atoms with Crippen molar-refractivity contribution in [3.8, 4) is 5.69 Å². The van der Waals surface area contributed by atoms with Crippen molar-refractivity contribution in [1.82, 2.24) is 9.55 Å². The molecule has 0 spiro atoms. The van der Waals surface area contributed by atoms with Crippen molar-refractivity contribution in [2.24, 2.45) is 0 Å². The summed E-state index contributed by atoms with van der Waals surface area (Å²) in [4.78, 5) is 15.1. The van der Waals surface area contributed by atoms with Crippen LogP contribution in [0.3, 0.4) is 0 Å². The van der Waals surface area contributed by atoms with Crippen molar-refractivity contribution in [3.63, 3.8) is 0 Å². The van der Waals surface area contributed by atoms with Crippen LogP contribution < -0.4 is 5.73 Å². The van der Waals surface area contributed by atoms with Gasteiger partial charge in [0.2, 0.25) is 0 Å². The third-order valence-corrected chi connectivity index (χ3v) is 2.15. The summed E-state index contributed by atoms with van der Waals surface area (Å²) in [5.74, 6) is 0.508. The third-order valence-electron chi connectivity index (χ3n) is 2.15. The number of Topliss-reactive ketones (excluding diaryl/α,β-unsaturated/α-hetero) is 1. The first-order chi connectivity index (χ1) is 7.16. The molecule has 1 aromatic carbocycles. The van der Waals surface area contributed by atoms with Gasteiger partial charge in [0.1, 0.15) is 12.1 Å². The van der Waals surface area contributed by atoms with Crippen LogP contribution in [-0.4, -0.2) is 15.3 Å². The fourth-order valence-corrected chi connectivity index (χ4v) is 1.36. The second-order valence-corrected chi connectivity index (χ2v) is 3.31. The third kappa shape index (κ3) is 1.88. The summed E-state index contributed by atoms with van der Waals surface area (Å²) in [6.07, 6.45) is 3.33. The minimum atomic E-state index is 0.0462. The quantitative estimate of drug-likeness (QED) is 0.751. The van der Waals surface area contributed by atoms with Crippen molar-refractivity contribution in [1.29, 1.82) is 0 Å². The van der Waals surface area contributed by atoms with Crippen molar-refractivity contribution < 1.29 is 4.79 Å². The van der Waals surface area contributed by atoms with Gasteiger partial charge in [0.05, 0.1) is 6.20 Å². The van der Waals surface area contributed by atoms with E-state index in [1.807, 2.05) is 18.2 Å². The molecule has 15 heavy (non-hydrogen) atoms. The van der Waals surface area contributed by atoms with Crippen LogP contribution in [0.15, 0.2) is 36.8 Å². The number of carbonyl (C=O) groups excluding carboxylic acids is 1. The fraction of sp³-hybridized carbons (Fsp3) is 0.0909. The average Bonchev–Trinajstić information content (AvgIpc) is 2.65. The van der Waals surface area contributed by atoms with Gasteiger partial charge in [-0.1, -0.05) is 12.1 Å². The van der Waals surface area contributed by atoms with Gasteiger partial charge in [-0.05, 0) is 19.1 Å². The van der Waals surface area contributed by atoms with Crippen molar-refractivity contribution >= 4 is 11.6 Å². The van der Waals surface area contributed by atoms with E-state index < -0.39 is 0 Å². The lowest BCUT2D eigenvalue weighted by atomic mass is 10.1. The maximum absolute atomic E-state index is 11.2. The van der Waals surface area contributed by atoms with Gasteiger partial charge >= 0.3 is 0 Å². The number of imidazole rings is 1. The standard InChI is InChI=1S/C11H11N3O/c1-8(15)9-3-2-4-10(5-9)14-6-11(12)13-7-14/h2-7H,12H2,1H3. The monoisotopic (exact) mass is 201 g/mol. The molecule has 4 heteroatoms. The number of aromatic nitrogens is 2. The predicted octanol–water partition coefficient (Wildman–Crippen LogP) is 1.66. The van der Waals surface area contributed by atoms with Crippen molar-refractivity contribution in [2.45, 2.75) is 6.92 Å². The highest BCUT2D eigenvalue weighted by atomic mass is 16.1. The maximum atomic E-state index is 11.2. The van der Waals surface area contributed by atoms with E-state index in [9.17, 15) is 4.79 Å². The Morgan fingerprint density at radius 3 is 2.87 bits per heavy atom. The van der Waals surface area contributed by atoms with Crippen LogP contribution in [0.4, 0.5) is 5.82 Å². The van der Waals surface area contributed by atoms with Crippen molar-refractivity contribution in [2.75, 3.05) is 5.73 Å². The summed E-state index contributed by atoms with van der Waals surface area (Å²) in [5, 5.41) is 0. The second-order valence-electron chi connectivity index (χ2n) is 3.31. The molecule has 1 heterocycles. The lowest BCUT2D eigenvalue weighted by Crippen LogP contribution is -1.95. The molecule has 0 aliphatic rings. The van der Waals surface area contributed by atoms with Crippen LogP contribution >= 0.6 is 0 Å². The van der Waals surface area contributed by atoms with Gasteiger partial charge in [-0.3, -0.25) is 4.79 Å². The Hall–Kier alpha value is -2.10. The molecule has 0 aliphatic carbocycles. The molecule has 0 saturated heterocycles. The molecule has 0 unspecified atom stereocenters. The van der Waals surface area contributed by atoms with Crippen LogP contribution in [0, 0.1) is 0 Å². The van der Waals surface area contributed by atoms with E-state index in [0.29, 0.717) is 11.4 Å². The summed E-state index contributed by atoms with van der Waals surface area (Å²) >= 11 is 0. The number of rotatable bonds is 2. The predicted molar refractivity (Wildman–Crippen MR) is 58.0 cm³/mol. The van der Waals surface area contributed by atoms with E-state index in [1.165, 1.54) is 0 Å². The van der Waals surface area contributed by atoms with Crippen LogP contribution in [0.1, 0.15) is 17.3 Å². The molecule has 2 aromatic rings. The number of carbonyl (C=O) groups is 1. The summed E-state index contributed by atoms with van der Waals surface area (Å²) in [6, 6.07) is 7.32. The zero-order chi connectivity index (χ0) is 10.8. The first-order valence-corrected chi connectivity index (χ1v) is 4.57. The minimum Gasteiger partial charge on any atom is -0.382 e. The van der Waals surface area contributed by atoms with Crippen LogP contribution in [0.25, 0.3) is 5.69 Å². The number of nitrogens with zero attached hydrogens (tertiary/aromatic N) is 2. The summed E-state index contributed by atoms with van der Waals surface area (Å²) in [6.45, 7) is 1.54. The first kappa shape index (κ1) is 9.45.